The summed E-state index contributed by atoms with van der Waals surface area (Å²) in [5, 5.41) is 0. The van der Waals surface area contributed by atoms with Crippen molar-refractivity contribution in [3.63, 3.8) is 0 Å². The maximum Gasteiger partial charge on any atom is -0.147 e. The van der Waals surface area contributed by atoms with Crippen LogP contribution in [0, 0.1) is 13.8 Å². The molecule has 2 unspecified atom stereocenters. The molecule has 0 amide bonds. The molecule has 2 aromatic carbocycles. The Morgan fingerprint density at radius 2 is 1.04 bits per heavy atom. The molecule has 4 rings (SSSR count). The zero-order valence-corrected chi connectivity index (χ0v) is 23.3. The molecule has 0 saturated heterocycles. The number of rotatable bonds is 2. The molecule has 0 nitrogen and oxygen atoms in total. The summed E-state index contributed by atoms with van der Waals surface area (Å²) in [4.78, 5) is 0. The summed E-state index contributed by atoms with van der Waals surface area (Å²) in [6.07, 6.45) is 4.93. The van der Waals surface area contributed by atoms with Crippen molar-refractivity contribution < 1.29 is 17.4 Å². The first-order valence-corrected chi connectivity index (χ1v) is 23.4. The number of hydrogen-bond donors (Lipinski definition) is 0. The second-order valence-corrected chi connectivity index (χ2v) is 40.2. The smallest absolute Gasteiger partial charge is 0.147 e. The minimum atomic E-state index is -3.24. The molecular weight excluding hydrogens is 478 g/mol. The average Bonchev–Trinajstić information content (AvgIpc) is 3.06. The third-order valence-corrected chi connectivity index (χ3v) is 24.7. The van der Waals surface area contributed by atoms with Gasteiger partial charge < -0.3 is 0 Å². The topological polar surface area (TPSA) is 0 Å². The molecule has 0 spiro atoms. The Hall–Kier alpha value is -0.400. The number of aryl methyl sites for hydroxylation is 2. The number of allylic oxidation sites excluding steroid dienone is 2. The van der Waals surface area contributed by atoms with E-state index in [-0.39, 0.29) is 24.8 Å². The van der Waals surface area contributed by atoms with Crippen LogP contribution in [0.15, 0.2) is 47.5 Å². The summed E-state index contributed by atoms with van der Waals surface area (Å²) < 4.78 is 6.72. The first-order valence-electron chi connectivity index (χ1n) is 9.73. The quantitative estimate of drug-likeness (QED) is 0.378. The van der Waals surface area contributed by atoms with Gasteiger partial charge >= 0.3 is 162 Å². The molecule has 2 atom stereocenters. The van der Waals surface area contributed by atoms with E-state index >= 15 is 0 Å². The van der Waals surface area contributed by atoms with Crippen LogP contribution in [0.5, 0.6) is 0 Å². The number of hydrogen-bond acceptors (Lipinski definition) is 0. The van der Waals surface area contributed by atoms with E-state index in [1.165, 1.54) is 22.3 Å². The summed E-state index contributed by atoms with van der Waals surface area (Å²) >= 11 is -3.24. The minimum Gasteiger partial charge on any atom is -0.147 e. The number of halogens is 2. The van der Waals surface area contributed by atoms with E-state index in [0.717, 1.165) is 0 Å². The van der Waals surface area contributed by atoms with Gasteiger partial charge in [-0.15, -0.1) is 24.8 Å². The summed E-state index contributed by atoms with van der Waals surface area (Å²) in [5.41, 5.74) is 12.3. The molecule has 0 N–H and O–H groups in total. The van der Waals surface area contributed by atoms with Crippen molar-refractivity contribution in [2.45, 2.75) is 44.2 Å². The summed E-state index contributed by atoms with van der Waals surface area (Å²) in [5.74, 6) is 0. The van der Waals surface area contributed by atoms with Gasteiger partial charge in [0.05, 0.1) is 0 Å². The van der Waals surface area contributed by atoms with Gasteiger partial charge in [0.2, 0.25) is 0 Å². The molecular formula is C24H32Cl2SiZr. The maximum absolute atomic E-state index is 3.24. The third kappa shape index (κ3) is 3.39. The molecule has 2 aliphatic rings. The van der Waals surface area contributed by atoms with Gasteiger partial charge in [0.15, 0.2) is 0 Å². The fourth-order valence-electron chi connectivity index (χ4n) is 6.17. The molecule has 0 radical (unpaired) electrons. The first kappa shape index (κ1) is 23.9. The normalized spacial score (nSPS) is 20.4. The predicted octanol–water partition coefficient (Wildman–Crippen LogP) is 7.10. The van der Waals surface area contributed by atoms with Gasteiger partial charge in [-0.3, -0.25) is 0 Å². The Balaban J connectivity index is 0.00000140. The molecule has 0 heterocycles. The molecule has 28 heavy (non-hydrogen) atoms. The Bertz CT molecular complexity index is 993. The number of benzene rings is 2. The van der Waals surface area contributed by atoms with Crippen LogP contribution in [-0.2, 0) is 17.4 Å². The zero-order valence-electron chi connectivity index (χ0n) is 17.8. The Morgan fingerprint density at radius 3 is 1.39 bits per heavy atom. The molecule has 0 aliphatic heterocycles. The van der Waals surface area contributed by atoms with Crippen molar-refractivity contribution in [3.05, 3.63) is 80.9 Å². The van der Waals surface area contributed by atoms with Crippen molar-refractivity contribution >= 4 is 43.8 Å². The van der Waals surface area contributed by atoms with E-state index in [1.54, 1.807) is 22.3 Å². The third-order valence-electron chi connectivity index (χ3n) is 6.87. The zero-order chi connectivity index (χ0) is 18.9. The standard InChI is InChI=1S/2C11H11.2CH3.2ClH.H2Si.Zr/c2*1-8-6-10-5-3-4-9(2)11(10)7-8;;;;;;/h2*3-7H,1-2H3;2*1H3;2*1H;1H2;. The van der Waals surface area contributed by atoms with Crippen LogP contribution in [0.1, 0.15) is 54.5 Å². The molecule has 0 bridgehead atoms. The molecule has 2 aliphatic carbocycles. The van der Waals surface area contributed by atoms with E-state index in [9.17, 15) is 0 Å². The summed E-state index contributed by atoms with van der Waals surface area (Å²) in [7, 11) is 0. The second-order valence-electron chi connectivity index (χ2n) is 9.74. The maximum atomic E-state index is 2.72. The Labute approximate surface area is 185 Å². The monoisotopic (exact) mass is 508 g/mol. The van der Waals surface area contributed by atoms with Crippen LogP contribution in [-0.4, -0.2) is 6.88 Å². The van der Waals surface area contributed by atoms with Gasteiger partial charge in [0.1, 0.15) is 0 Å². The molecule has 0 aromatic heterocycles. The van der Waals surface area contributed by atoms with Gasteiger partial charge in [0.25, 0.3) is 0 Å². The van der Waals surface area contributed by atoms with E-state index in [1.807, 2.05) is 0 Å². The van der Waals surface area contributed by atoms with Gasteiger partial charge in [0, 0.05) is 0 Å². The summed E-state index contributed by atoms with van der Waals surface area (Å²) in [6.45, 7) is 11.8. The van der Waals surface area contributed by atoms with Crippen LogP contribution < -0.4 is 0 Å². The van der Waals surface area contributed by atoms with Crippen molar-refractivity contribution in [2.75, 3.05) is 0 Å². The van der Waals surface area contributed by atoms with E-state index < -0.39 is 17.4 Å². The van der Waals surface area contributed by atoms with Crippen LogP contribution in [0.2, 0.25) is 9.26 Å². The minimum absolute atomic E-state index is 0. The molecule has 0 saturated carbocycles. The van der Waals surface area contributed by atoms with Crippen molar-refractivity contribution in [1.82, 2.24) is 0 Å². The SMILES string of the molecule is CC1=Cc2cccc(C)c2[CH]1[Zr]([CH3])([CH3])(=[SiH2])[CH]1C(C)=Cc2cccc(C)c21.Cl.Cl. The summed E-state index contributed by atoms with van der Waals surface area (Å²) in [6, 6.07) is 13.7. The molecule has 0 fully saturated rings. The van der Waals surface area contributed by atoms with Crippen LogP contribution in [0.4, 0.5) is 0 Å². The van der Waals surface area contributed by atoms with Crippen LogP contribution >= 0.6 is 24.8 Å². The predicted molar refractivity (Wildman–Crippen MR) is 130 cm³/mol. The van der Waals surface area contributed by atoms with Gasteiger partial charge in [-0.05, 0) is 0 Å². The van der Waals surface area contributed by atoms with Crippen molar-refractivity contribution in [2.24, 2.45) is 0 Å². The molecule has 4 heteroatoms. The van der Waals surface area contributed by atoms with E-state index in [2.05, 4.69) is 92.4 Å². The molecule has 2 aromatic rings. The van der Waals surface area contributed by atoms with Crippen molar-refractivity contribution in [1.29, 1.82) is 0 Å². The molecule has 150 valence electrons. The fourth-order valence-corrected chi connectivity index (χ4v) is 27.6. The van der Waals surface area contributed by atoms with Crippen LogP contribution in [0.3, 0.4) is 0 Å². The number of fused-ring (bicyclic) bond motifs is 2. The Kier molecular flexibility index (Phi) is 6.56. The Morgan fingerprint density at radius 1 is 0.679 bits per heavy atom. The first-order chi connectivity index (χ1) is 12.1. The van der Waals surface area contributed by atoms with E-state index in [0.29, 0.717) is 7.25 Å². The van der Waals surface area contributed by atoms with Crippen LogP contribution in [0.25, 0.3) is 12.2 Å². The van der Waals surface area contributed by atoms with Gasteiger partial charge in [-0.25, -0.2) is 0 Å². The largest absolute Gasteiger partial charge is 0.147 e. The second kappa shape index (κ2) is 7.69. The van der Waals surface area contributed by atoms with Gasteiger partial charge in [-0.1, -0.05) is 0 Å². The van der Waals surface area contributed by atoms with E-state index in [4.69, 9.17) is 0 Å². The van der Waals surface area contributed by atoms with Crippen molar-refractivity contribution in [3.8, 4) is 0 Å². The van der Waals surface area contributed by atoms with Gasteiger partial charge in [-0.2, -0.15) is 0 Å². The fraction of sp³-hybridized carbons (Fsp3) is 0.333. The average molecular weight is 511 g/mol.